The van der Waals surface area contributed by atoms with Crippen LogP contribution in [0, 0.1) is 0 Å². The van der Waals surface area contributed by atoms with Gasteiger partial charge >= 0.3 is 0 Å². The summed E-state index contributed by atoms with van der Waals surface area (Å²) in [6.45, 7) is 4.08. The van der Waals surface area contributed by atoms with Gasteiger partial charge in [-0.1, -0.05) is 54.8 Å². The number of rotatable bonds is 4. The van der Waals surface area contributed by atoms with Crippen LogP contribution in [-0.2, 0) is 6.54 Å². The second-order valence-electron chi connectivity index (χ2n) is 7.70. The summed E-state index contributed by atoms with van der Waals surface area (Å²) < 4.78 is 5.68. The molecule has 1 aliphatic carbocycles. The number of hydrogen-bond acceptors (Lipinski definition) is 4. The summed E-state index contributed by atoms with van der Waals surface area (Å²) in [7, 11) is 2.23. The Labute approximate surface area is 150 Å². The van der Waals surface area contributed by atoms with Crippen molar-refractivity contribution in [2.45, 2.75) is 50.6 Å². The van der Waals surface area contributed by atoms with Gasteiger partial charge in [-0.3, -0.25) is 9.80 Å². The van der Waals surface area contributed by atoms with Gasteiger partial charge in [0.05, 0.1) is 12.2 Å². The Hall–Kier alpha value is -1.65. The Morgan fingerprint density at radius 3 is 2.68 bits per heavy atom. The predicted molar refractivity (Wildman–Crippen MR) is 99.4 cm³/mol. The van der Waals surface area contributed by atoms with Gasteiger partial charge in [-0.25, -0.2) is 0 Å². The largest absolute Gasteiger partial charge is 0.360 e. The van der Waals surface area contributed by atoms with Gasteiger partial charge in [0.15, 0.2) is 5.76 Å². The number of likely N-dealkylation sites (N-methyl/N-ethyl adjacent to an activating group) is 1. The van der Waals surface area contributed by atoms with Crippen molar-refractivity contribution in [1.29, 1.82) is 0 Å². The lowest BCUT2D eigenvalue weighted by Gasteiger charge is -2.39. The molecule has 1 aliphatic heterocycles. The molecule has 2 fully saturated rings. The standard InChI is InChI=1S/C21H29N3O/c1-23-12-13-24(16-21(23)18-10-6-3-7-11-18)15-19-14-20(22-25-19)17-8-4-2-5-9-17/h3,6-7,10-11,14,17,21H,2,4-5,8-9,12-13,15-16H2,1H3/t21-/m1/s1. The zero-order chi connectivity index (χ0) is 17.1. The molecule has 0 unspecified atom stereocenters. The molecule has 0 radical (unpaired) electrons. The van der Waals surface area contributed by atoms with Gasteiger partial charge in [0, 0.05) is 37.7 Å². The van der Waals surface area contributed by atoms with E-state index in [1.807, 2.05) is 0 Å². The molecule has 134 valence electrons. The summed E-state index contributed by atoms with van der Waals surface area (Å²) in [6, 6.07) is 13.5. The molecule has 0 spiro atoms. The molecule has 1 aromatic heterocycles. The van der Waals surface area contributed by atoms with Gasteiger partial charge < -0.3 is 4.52 Å². The molecule has 1 atom stereocenters. The topological polar surface area (TPSA) is 32.5 Å². The van der Waals surface area contributed by atoms with E-state index in [1.165, 1.54) is 43.4 Å². The molecule has 2 aliphatic rings. The first-order chi connectivity index (χ1) is 12.3. The van der Waals surface area contributed by atoms with E-state index in [0.29, 0.717) is 12.0 Å². The van der Waals surface area contributed by atoms with Gasteiger partial charge in [-0.2, -0.15) is 0 Å². The van der Waals surface area contributed by atoms with E-state index >= 15 is 0 Å². The van der Waals surface area contributed by atoms with Crippen molar-refractivity contribution in [2.75, 3.05) is 26.7 Å². The highest BCUT2D eigenvalue weighted by molar-refractivity contribution is 5.20. The zero-order valence-corrected chi connectivity index (χ0v) is 15.2. The van der Waals surface area contributed by atoms with Gasteiger partial charge in [0.2, 0.25) is 0 Å². The maximum absolute atomic E-state index is 5.68. The van der Waals surface area contributed by atoms with Gasteiger partial charge in [-0.05, 0) is 25.5 Å². The van der Waals surface area contributed by atoms with Crippen LogP contribution in [0.5, 0.6) is 0 Å². The maximum atomic E-state index is 5.68. The number of piperazine rings is 1. The highest BCUT2D eigenvalue weighted by Crippen LogP contribution is 2.32. The van der Waals surface area contributed by atoms with E-state index in [9.17, 15) is 0 Å². The van der Waals surface area contributed by atoms with Crippen LogP contribution in [0.3, 0.4) is 0 Å². The summed E-state index contributed by atoms with van der Waals surface area (Å²) in [4.78, 5) is 4.96. The molecule has 2 heterocycles. The number of aromatic nitrogens is 1. The molecule has 4 nitrogen and oxygen atoms in total. The average molecular weight is 339 g/mol. The molecule has 0 bridgehead atoms. The second-order valence-corrected chi connectivity index (χ2v) is 7.70. The van der Waals surface area contributed by atoms with E-state index in [4.69, 9.17) is 4.52 Å². The highest BCUT2D eigenvalue weighted by atomic mass is 16.5. The van der Waals surface area contributed by atoms with E-state index < -0.39 is 0 Å². The zero-order valence-electron chi connectivity index (χ0n) is 15.2. The van der Waals surface area contributed by atoms with Crippen molar-refractivity contribution in [3.8, 4) is 0 Å². The van der Waals surface area contributed by atoms with Crippen LogP contribution in [0.15, 0.2) is 40.9 Å². The summed E-state index contributed by atoms with van der Waals surface area (Å²) in [5.41, 5.74) is 2.58. The van der Waals surface area contributed by atoms with Crippen molar-refractivity contribution >= 4 is 0 Å². The van der Waals surface area contributed by atoms with Crippen LogP contribution in [-0.4, -0.2) is 41.6 Å². The van der Waals surface area contributed by atoms with Crippen LogP contribution >= 0.6 is 0 Å². The first kappa shape index (κ1) is 16.8. The Balaban J connectivity index is 1.40. The molecule has 4 rings (SSSR count). The fraction of sp³-hybridized carbons (Fsp3) is 0.571. The van der Waals surface area contributed by atoms with Crippen molar-refractivity contribution < 1.29 is 4.52 Å². The fourth-order valence-electron chi connectivity index (χ4n) is 4.32. The molecule has 1 saturated carbocycles. The third kappa shape index (κ3) is 3.96. The molecule has 1 saturated heterocycles. The summed E-state index contributed by atoms with van der Waals surface area (Å²) >= 11 is 0. The van der Waals surface area contributed by atoms with Crippen LogP contribution in [0.25, 0.3) is 0 Å². The number of benzene rings is 1. The molecule has 2 aromatic rings. The Bertz CT molecular complexity index is 663. The van der Waals surface area contributed by atoms with Crippen LogP contribution in [0.4, 0.5) is 0 Å². The Kier molecular flexibility index (Phi) is 5.18. The van der Waals surface area contributed by atoms with E-state index in [-0.39, 0.29) is 0 Å². The third-order valence-corrected chi connectivity index (χ3v) is 5.90. The lowest BCUT2D eigenvalue weighted by atomic mass is 9.87. The molecule has 0 N–H and O–H groups in total. The van der Waals surface area contributed by atoms with Crippen LogP contribution in [0.2, 0.25) is 0 Å². The van der Waals surface area contributed by atoms with Crippen molar-refractivity contribution in [1.82, 2.24) is 15.0 Å². The van der Waals surface area contributed by atoms with E-state index in [0.717, 1.165) is 31.9 Å². The molecular formula is C21H29N3O. The van der Waals surface area contributed by atoms with Gasteiger partial charge in [0.25, 0.3) is 0 Å². The number of nitrogens with zero attached hydrogens (tertiary/aromatic N) is 3. The fourth-order valence-corrected chi connectivity index (χ4v) is 4.32. The van der Waals surface area contributed by atoms with Crippen LogP contribution < -0.4 is 0 Å². The minimum atomic E-state index is 0.454. The maximum Gasteiger partial charge on any atom is 0.150 e. The minimum absolute atomic E-state index is 0.454. The van der Waals surface area contributed by atoms with Gasteiger partial charge in [-0.15, -0.1) is 0 Å². The number of hydrogen-bond donors (Lipinski definition) is 0. The lowest BCUT2D eigenvalue weighted by molar-refractivity contribution is 0.0837. The summed E-state index contributed by atoms with van der Waals surface area (Å²) in [6.07, 6.45) is 6.60. The Morgan fingerprint density at radius 1 is 1.08 bits per heavy atom. The van der Waals surface area contributed by atoms with Crippen molar-refractivity contribution in [3.63, 3.8) is 0 Å². The highest BCUT2D eigenvalue weighted by Gasteiger charge is 2.27. The monoisotopic (exact) mass is 339 g/mol. The van der Waals surface area contributed by atoms with Gasteiger partial charge in [0.1, 0.15) is 0 Å². The van der Waals surface area contributed by atoms with E-state index in [1.54, 1.807) is 0 Å². The Morgan fingerprint density at radius 2 is 1.88 bits per heavy atom. The smallest absolute Gasteiger partial charge is 0.150 e. The SMILES string of the molecule is CN1CCN(Cc2cc(C3CCCCC3)no2)C[C@@H]1c1ccccc1. The predicted octanol–water partition coefficient (Wildman–Crippen LogP) is 4.21. The molecule has 1 aromatic carbocycles. The first-order valence-corrected chi connectivity index (χ1v) is 9.72. The molecule has 0 amide bonds. The molecular weight excluding hydrogens is 310 g/mol. The summed E-state index contributed by atoms with van der Waals surface area (Å²) in [5.74, 6) is 1.65. The van der Waals surface area contributed by atoms with Crippen molar-refractivity contribution in [3.05, 3.63) is 53.4 Å². The minimum Gasteiger partial charge on any atom is -0.360 e. The second kappa shape index (κ2) is 7.71. The van der Waals surface area contributed by atoms with Crippen LogP contribution in [0.1, 0.15) is 61.1 Å². The normalized spacial score (nSPS) is 23.8. The average Bonchev–Trinajstić information content (AvgIpc) is 3.13. The van der Waals surface area contributed by atoms with Crippen molar-refractivity contribution in [2.24, 2.45) is 0 Å². The molecule has 25 heavy (non-hydrogen) atoms. The summed E-state index contributed by atoms with van der Waals surface area (Å²) in [5, 5.41) is 4.39. The molecule has 4 heteroatoms. The van der Waals surface area contributed by atoms with E-state index in [2.05, 4.69) is 58.4 Å². The third-order valence-electron chi connectivity index (χ3n) is 5.90. The first-order valence-electron chi connectivity index (χ1n) is 9.72. The lowest BCUT2D eigenvalue weighted by Crippen LogP contribution is -2.46. The quantitative estimate of drug-likeness (QED) is 0.835.